The Kier molecular flexibility index (Phi) is 11.6. The van der Waals surface area contributed by atoms with Crippen LogP contribution in [0.15, 0.2) is 52.2 Å². The van der Waals surface area contributed by atoms with E-state index in [1.165, 1.54) is 19.1 Å². The molecule has 2 aliphatic heterocycles. The van der Waals surface area contributed by atoms with Gasteiger partial charge >= 0.3 is 25.4 Å². The molecule has 0 bridgehead atoms. The standard InChI is InChI=1S/C29H40FN4O11P/c1-19(2)43-26(38)20(3)31-46(40,45-21-10-6-5-7-11-21)42-17-22-25(37)29(4,30)27(44-22)33-15-12-23(35)34(28(33)39)18-41-24(36)16-32-13-8-9-14-32/h5-7,10-12,15,19-20,22,25,27,37H,8-9,13-14,16-18H2,1-4H3,(H,31,40)/t20-,22+,25+,27+,29+,46?/m0/s1. The van der Waals surface area contributed by atoms with Crippen LogP contribution in [0.1, 0.15) is 46.8 Å². The molecule has 2 saturated heterocycles. The van der Waals surface area contributed by atoms with E-state index in [-0.39, 0.29) is 12.3 Å². The number of halogens is 1. The van der Waals surface area contributed by atoms with Gasteiger partial charge in [0, 0.05) is 12.3 Å². The number of likely N-dealkylation sites (tertiary alicyclic amines) is 1. The maximum Gasteiger partial charge on any atom is 0.459 e. The summed E-state index contributed by atoms with van der Waals surface area (Å²) in [5, 5.41) is 13.4. The molecule has 2 fully saturated rings. The van der Waals surface area contributed by atoms with Crippen LogP contribution >= 0.6 is 7.75 Å². The van der Waals surface area contributed by atoms with E-state index in [4.69, 9.17) is 23.3 Å². The van der Waals surface area contributed by atoms with Crippen LogP contribution in [-0.4, -0.2) is 87.3 Å². The van der Waals surface area contributed by atoms with E-state index in [1.54, 1.807) is 32.0 Å². The van der Waals surface area contributed by atoms with Crippen molar-refractivity contribution in [2.75, 3.05) is 26.2 Å². The van der Waals surface area contributed by atoms with Gasteiger partial charge in [-0.15, -0.1) is 0 Å². The molecule has 3 heterocycles. The lowest BCUT2D eigenvalue weighted by molar-refractivity contribution is -0.149. The van der Waals surface area contributed by atoms with Gasteiger partial charge in [-0.25, -0.2) is 18.3 Å². The number of para-hydroxylation sites is 1. The lowest BCUT2D eigenvalue weighted by Gasteiger charge is -2.25. The molecule has 1 aromatic carbocycles. The minimum absolute atomic E-state index is 0.00230. The number of benzene rings is 1. The van der Waals surface area contributed by atoms with Gasteiger partial charge in [0.05, 0.1) is 19.3 Å². The van der Waals surface area contributed by atoms with Crippen molar-refractivity contribution < 1.29 is 46.9 Å². The molecule has 17 heteroatoms. The predicted molar refractivity (Wildman–Crippen MR) is 161 cm³/mol. The Morgan fingerprint density at radius 3 is 2.48 bits per heavy atom. The third kappa shape index (κ3) is 8.69. The van der Waals surface area contributed by atoms with Crippen molar-refractivity contribution in [1.29, 1.82) is 0 Å². The van der Waals surface area contributed by atoms with Crippen LogP contribution in [0.3, 0.4) is 0 Å². The van der Waals surface area contributed by atoms with Crippen molar-refractivity contribution >= 4 is 19.7 Å². The van der Waals surface area contributed by atoms with Gasteiger partial charge in [-0.3, -0.25) is 28.4 Å². The summed E-state index contributed by atoms with van der Waals surface area (Å²) < 4.78 is 58.3. The number of esters is 2. The molecule has 0 radical (unpaired) electrons. The van der Waals surface area contributed by atoms with Crippen LogP contribution in [0, 0.1) is 0 Å². The van der Waals surface area contributed by atoms with Crippen molar-refractivity contribution in [1.82, 2.24) is 19.1 Å². The summed E-state index contributed by atoms with van der Waals surface area (Å²) in [5.74, 6) is -1.25. The zero-order valence-corrected chi connectivity index (χ0v) is 27.0. The van der Waals surface area contributed by atoms with Gasteiger partial charge in [0.15, 0.2) is 18.6 Å². The van der Waals surface area contributed by atoms with Crippen LogP contribution < -0.4 is 20.9 Å². The highest BCUT2D eigenvalue weighted by Crippen LogP contribution is 2.47. The molecule has 15 nitrogen and oxygen atoms in total. The first-order chi connectivity index (χ1) is 21.7. The Balaban J connectivity index is 1.49. The zero-order chi connectivity index (χ0) is 33.6. The van der Waals surface area contributed by atoms with Gasteiger partial charge in [-0.05, 0) is 65.8 Å². The van der Waals surface area contributed by atoms with Crippen LogP contribution in [0.25, 0.3) is 0 Å². The fraction of sp³-hybridized carbons (Fsp3) is 0.586. The third-order valence-corrected chi connectivity index (χ3v) is 9.05. The molecule has 6 atom stereocenters. The molecule has 0 spiro atoms. The van der Waals surface area contributed by atoms with Crippen LogP contribution in [0.2, 0.25) is 0 Å². The number of carbonyl (C=O) groups excluding carboxylic acids is 2. The van der Waals surface area contributed by atoms with E-state index >= 15 is 4.39 Å². The van der Waals surface area contributed by atoms with Gasteiger partial charge in [-0.2, -0.15) is 5.09 Å². The molecule has 2 aromatic rings. The molecular formula is C29H40FN4O11P. The van der Waals surface area contributed by atoms with E-state index < -0.39 is 80.5 Å². The number of hydrogen-bond acceptors (Lipinski definition) is 12. The Bertz CT molecular complexity index is 1530. The molecule has 2 aliphatic rings. The second-order valence-electron chi connectivity index (χ2n) is 11.6. The molecule has 1 aromatic heterocycles. The van der Waals surface area contributed by atoms with Crippen molar-refractivity contribution in [3.8, 4) is 5.75 Å². The fourth-order valence-corrected chi connectivity index (χ4v) is 6.49. The average molecular weight is 671 g/mol. The Labute approximate surface area is 264 Å². The summed E-state index contributed by atoms with van der Waals surface area (Å²) in [4.78, 5) is 52.3. The first-order valence-corrected chi connectivity index (χ1v) is 16.4. The number of aliphatic hydroxyl groups is 1. The minimum Gasteiger partial charge on any atom is -0.462 e. The quantitative estimate of drug-likeness (QED) is 0.220. The van der Waals surface area contributed by atoms with E-state index in [0.717, 1.165) is 49.7 Å². The highest BCUT2D eigenvalue weighted by molar-refractivity contribution is 7.52. The predicted octanol–water partition coefficient (Wildman–Crippen LogP) is 1.73. The van der Waals surface area contributed by atoms with Crippen molar-refractivity contribution in [3.05, 3.63) is 63.4 Å². The lowest BCUT2D eigenvalue weighted by Crippen LogP contribution is -2.47. The monoisotopic (exact) mass is 670 g/mol. The van der Waals surface area contributed by atoms with Gasteiger partial charge in [0.2, 0.25) is 0 Å². The summed E-state index contributed by atoms with van der Waals surface area (Å²) >= 11 is 0. The summed E-state index contributed by atoms with van der Waals surface area (Å²) in [6, 6.07) is 7.73. The third-order valence-electron chi connectivity index (χ3n) is 7.41. The van der Waals surface area contributed by atoms with E-state index in [9.17, 15) is 28.8 Å². The summed E-state index contributed by atoms with van der Waals surface area (Å²) in [6.07, 6.45) is -2.70. The van der Waals surface area contributed by atoms with E-state index in [1.807, 2.05) is 4.90 Å². The Hall–Kier alpha value is -3.40. The van der Waals surface area contributed by atoms with E-state index in [0.29, 0.717) is 4.57 Å². The average Bonchev–Trinajstić information content (AvgIpc) is 3.57. The normalized spacial score (nSPS) is 25.2. The largest absolute Gasteiger partial charge is 0.462 e. The molecule has 0 saturated carbocycles. The number of rotatable bonds is 14. The minimum atomic E-state index is -4.39. The van der Waals surface area contributed by atoms with Gasteiger partial charge in [0.1, 0.15) is 24.0 Å². The van der Waals surface area contributed by atoms with Crippen molar-refractivity contribution in [2.45, 2.75) is 83.5 Å². The zero-order valence-electron chi connectivity index (χ0n) is 26.1. The summed E-state index contributed by atoms with van der Waals surface area (Å²) in [7, 11) is -4.39. The summed E-state index contributed by atoms with van der Waals surface area (Å²) in [5.41, 5.74) is -4.47. The van der Waals surface area contributed by atoms with Crippen LogP contribution in [-0.2, 0) is 39.6 Å². The second-order valence-corrected chi connectivity index (χ2v) is 13.3. The number of hydrogen-bond donors (Lipinski definition) is 2. The van der Waals surface area contributed by atoms with Crippen LogP contribution in [0.5, 0.6) is 5.75 Å². The highest BCUT2D eigenvalue weighted by atomic mass is 31.2. The summed E-state index contributed by atoms with van der Waals surface area (Å²) in [6.45, 7) is 5.72. The molecule has 0 amide bonds. The van der Waals surface area contributed by atoms with Crippen LogP contribution in [0.4, 0.5) is 4.39 Å². The molecule has 254 valence electrons. The molecule has 46 heavy (non-hydrogen) atoms. The number of ether oxygens (including phenoxy) is 3. The smallest absolute Gasteiger partial charge is 0.459 e. The van der Waals surface area contributed by atoms with Crippen molar-refractivity contribution in [2.24, 2.45) is 0 Å². The maximum atomic E-state index is 16.0. The molecular weight excluding hydrogens is 630 g/mol. The number of alkyl halides is 1. The molecule has 2 N–H and O–H groups in total. The highest BCUT2D eigenvalue weighted by Gasteiger charge is 2.56. The first kappa shape index (κ1) is 35.5. The molecule has 1 unspecified atom stereocenters. The second kappa shape index (κ2) is 15.0. The topological polar surface area (TPSA) is 177 Å². The number of nitrogens with one attached hydrogen (secondary N) is 1. The Morgan fingerprint density at radius 2 is 1.83 bits per heavy atom. The van der Waals surface area contributed by atoms with Gasteiger partial charge < -0.3 is 23.8 Å². The molecule has 4 rings (SSSR count). The maximum absolute atomic E-state index is 16.0. The SMILES string of the molecule is CC(C)OC(=O)[C@H](C)NP(=O)(OC[C@H]1O[C@@H](n2ccc(=O)n(COC(=O)CN3CCCC3)c2=O)[C@](C)(F)[C@@H]1O)Oc1ccccc1. The van der Waals surface area contributed by atoms with E-state index in [2.05, 4.69) is 5.09 Å². The number of nitrogens with zero attached hydrogens (tertiary/aromatic N) is 3. The number of aliphatic hydroxyl groups excluding tert-OH is 1. The van der Waals surface area contributed by atoms with Crippen molar-refractivity contribution in [3.63, 3.8) is 0 Å². The Morgan fingerprint density at radius 1 is 1.15 bits per heavy atom. The number of aromatic nitrogens is 2. The van der Waals surface area contributed by atoms with Gasteiger partial charge in [-0.1, -0.05) is 18.2 Å². The first-order valence-electron chi connectivity index (χ1n) is 14.9. The number of carbonyl (C=O) groups is 2. The molecule has 0 aliphatic carbocycles. The van der Waals surface area contributed by atoms with Gasteiger partial charge in [0.25, 0.3) is 5.56 Å². The fourth-order valence-electron chi connectivity index (χ4n) is 4.99. The lowest BCUT2D eigenvalue weighted by atomic mass is 9.98.